The van der Waals surface area contributed by atoms with Gasteiger partial charge in [0.15, 0.2) is 0 Å². The van der Waals surface area contributed by atoms with Gasteiger partial charge in [-0.3, -0.25) is 14.8 Å². The highest BCUT2D eigenvalue weighted by Crippen LogP contribution is 2.38. The van der Waals surface area contributed by atoms with Crippen molar-refractivity contribution >= 4 is 35.3 Å². The van der Waals surface area contributed by atoms with Gasteiger partial charge in [-0.2, -0.15) is 0 Å². The van der Waals surface area contributed by atoms with Crippen LogP contribution < -0.4 is 0 Å². The first kappa shape index (κ1) is 23.8. The van der Waals surface area contributed by atoms with Crippen LogP contribution in [0.25, 0.3) is 0 Å². The minimum absolute atomic E-state index is 0.144. The Morgan fingerprint density at radius 2 is 1.79 bits per heavy atom. The van der Waals surface area contributed by atoms with Crippen molar-refractivity contribution in [2.75, 3.05) is 19.6 Å². The Morgan fingerprint density at radius 1 is 1.09 bits per heavy atom. The average molecular weight is 492 g/mol. The second kappa shape index (κ2) is 9.12. The molecule has 2 aromatic rings. The summed E-state index contributed by atoms with van der Waals surface area (Å²) in [5, 5.41) is 11.2. The van der Waals surface area contributed by atoms with Gasteiger partial charge >= 0.3 is 12.1 Å². The minimum Gasteiger partial charge on any atom is -0.480 e. The summed E-state index contributed by atoms with van der Waals surface area (Å²) in [6.45, 7) is 6.13. The van der Waals surface area contributed by atoms with E-state index in [1.807, 2.05) is 24.3 Å². The van der Waals surface area contributed by atoms with Crippen molar-refractivity contribution in [3.05, 3.63) is 62.9 Å². The number of ether oxygens (including phenoxy) is 1. The molecule has 1 N–H and O–H groups in total. The topological polar surface area (TPSA) is 83.0 Å². The number of hydrogen-bond donors (Lipinski definition) is 1. The molecule has 0 spiro atoms. The van der Waals surface area contributed by atoms with Crippen LogP contribution in [0.2, 0.25) is 10.0 Å². The molecule has 1 saturated heterocycles. The maximum absolute atomic E-state index is 12.7. The number of aryl methyl sites for hydroxylation is 2. The smallest absolute Gasteiger partial charge is 0.411 e. The quantitative estimate of drug-likeness (QED) is 0.661. The van der Waals surface area contributed by atoms with Gasteiger partial charge < -0.3 is 9.84 Å². The average Bonchev–Trinajstić information content (AvgIpc) is 2.88. The highest BCUT2D eigenvalue weighted by molar-refractivity contribution is 6.30. The van der Waals surface area contributed by atoms with E-state index < -0.39 is 23.7 Å². The molecule has 1 unspecified atom stereocenters. The maximum atomic E-state index is 12.7. The number of carboxylic acid groups (broad SMARTS) is 1. The number of aliphatic carboxylic acids is 1. The highest BCUT2D eigenvalue weighted by atomic mass is 35.5. The number of hydrogen-bond acceptors (Lipinski definition) is 5. The third-order valence-electron chi connectivity index (χ3n) is 5.98. The van der Waals surface area contributed by atoms with Crippen molar-refractivity contribution in [1.82, 2.24) is 14.8 Å². The Balaban J connectivity index is 1.71. The van der Waals surface area contributed by atoms with Crippen LogP contribution in [0.3, 0.4) is 0 Å². The molecule has 1 aromatic carbocycles. The summed E-state index contributed by atoms with van der Waals surface area (Å²) in [4.78, 5) is 33.0. The van der Waals surface area contributed by atoms with Gasteiger partial charge in [-0.15, -0.1) is 0 Å². The third kappa shape index (κ3) is 5.10. The number of rotatable bonds is 2. The zero-order valence-electron chi connectivity index (χ0n) is 18.8. The Morgan fingerprint density at radius 3 is 2.48 bits per heavy atom. The summed E-state index contributed by atoms with van der Waals surface area (Å²) in [6, 6.07) is 6.42. The molecule has 9 heteroatoms. The molecule has 1 aliphatic carbocycles. The Hall–Kier alpha value is -2.35. The fourth-order valence-corrected chi connectivity index (χ4v) is 4.95. The van der Waals surface area contributed by atoms with Crippen molar-refractivity contribution in [2.45, 2.75) is 51.3 Å². The van der Waals surface area contributed by atoms with E-state index in [9.17, 15) is 14.7 Å². The van der Waals surface area contributed by atoms with Crippen molar-refractivity contribution < 1.29 is 19.4 Å². The highest BCUT2D eigenvalue weighted by Gasteiger charge is 2.41. The second-order valence-electron chi connectivity index (χ2n) is 9.47. The van der Waals surface area contributed by atoms with Crippen LogP contribution in [0.1, 0.15) is 49.2 Å². The number of benzene rings is 1. The molecule has 0 bridgehead atoms. The molecular formula is C24H27Cl2N3O4. The molecule has 7 nitrogen and oxygen atoms in total. The lowest BCUT2D eigenvalue weighted by molar-refractivity contribution is -0.146. The van der Waals surface area contributed by atoms with E-state index in [2.05, 4.69) is 9.88 Å². The number of fused-ring (bicyclic) bond motifs is 2. The Labute approximate surface area is 203 Å². The Kier molecular flexibility index (Phi) is 6.58. The van der Waals surface area contributed by atoms with Crippen molar-refractivity contribution in [1.29, 1.82) is 0 Å². The number of amides is 1. The second-order valence-corrected chi connectivity index (χ2v) is 10.3. The van der Waals surface area contributed by atoms with Gasteiger partial charge in [-0.1, -0.05) is 29.3 Å². The molecular weight excluding hydrogens is 465 g/mol. The zero-order valence-corrected chi connectivity index (χ0v) is 20.4. The summed E-state index contributed by atoms with van der Waals surface area (Å²) >= 11 is 12.5. The lowest BCUT2D eigenvalue weighted by Crippen LogP contribution is -2.59. The van der Waals surface area contributed by atoms with Gasteiger partial charge in [0.05, 0.1) is 16.8 Å². The van der Waals surface area contributed by atoms with Gasteiger partial charge in [0.1, 0.15) is 11.6 Å². The normalized spacial score (nSPS) is 21.1. The molecule has 1 fully saturated rings. The minimum atomic E-state index is -1.07. The van der Waals surface area contributed by atoms with Crippen LogP contribution in [0.4, 0.5) is 4.79 Å². The van der Waals surface area contributed by atoms with Crippen LogP contribution >= 0.6 is 23.2 Å². The standard InChI is InChI=1S/C24H27Cl2N3O4/c1-24(2,3)33-23(32)29-9-8-28(13-19(29)22(30)31)21-18-7-6-16(25)10-14(18)4-5-15-11-17(26)12-27-20(15)21/h6-7,10-12,19,21H,4-5,8-9,13H2,1-3H3,(H,30,31)/t19-,21?/m1/s1. The summed E-state index contributed by atoms with van der Waals surface area (Å²) in [6.07, 6.45) is 2.54. The summed E-state index contributed by atoms with van der Waals surface area (Å²) in [5.74, 6) is -1.07. The molecule has 2 heterocycles. The number of nitrogens with zero attached hydrogens (tertiary/aromatic N) is 3. The van der Waals surface area contributed by atoms with Gasteiger partial charge in [0, 0.05) is 30.9 Å². The van der Waals surface area contributed by atoms with Gasteiger partial charge in [-0.05, 0) is 68.5 Å². The lowest BCUT2D eigenvalue weighted by atomic mass is 9.95. The van der Waals surface area contributed by atoms with Crippen molar-refractivity contribution in [3.63, 3.8) is 0 Å². The van der Waals surface area contributed by atoms with Gasteiger partial charge in [0.2, 0.25) is 0 Å². The molecule has 4 rings (SSSR count). The largest absolute Gasteiger partial charge is 0.480 e. The molecule has 2 atom stereocenters. The van der Waals surface area contributed by atoms with E-state index in [0.29, 0.717) is 16.6 Å². The zero-order chi connectivity index (χ0) is 23.9. The number of halogens is 2. The van der Waals surface area contributed by atoms with Crippen molar-refractivity contribution in [3.8, 4) is 0 Å². The van der Waals surface area contributed by atoms with Crippen LogP contribution in [0, 0.1) is 0 Å². The molecule has 1 aromatic heterocycles. The summed E-state index contributed by atoms with van der Waals surface area (Å²) in [5.41, 5.74) is 3.32. The molecule has 1 aliphatic heterocycles. The summed E-state index contributed by atoms with van der Waals surface area (Å²) < 4.78 is 5.46. The first-order valence-corrected chi connectivity index (χ1v) is 11.7. The van der Waals surface area contributed by atoms with Crippen LogP contribution in [0.15, 0.2) is 30.5 Å². The van der Waals surface area contributed by atoms with Crippen LogP contribution in [-0.4, -0.2) is 63.2 Å². The summed E-state index contributed by atoms with van der Waals surface area (Å²) in [7, 11) is 0. The number of pyridine rings is 1. The number of piperazine rings is 1. The molecule has 176 valence electrons. The fraction of sp³-hybridized carbons (Fsp3) is 0.458. The number of aromatic nitrogens is 1. The molecule has 1 amide bonds. The van der Waals surface area contributed by atoms with Gasteiger partial charge in [-0.25, -0.2) is 9.59 Å². The fourth-order valence-electron chi connectivity index (χ4n) is 4.57. The molecule has 0 saturated carbocycles. The first-order valence-electron chi connectivity index (χ1n) is 10.9. The predicted octanol–water partition coefficient (Wildman–Crippen LogP) is 4.58. The maximum Gasteiger partial charge on any atom is 0.411 e. The van der Waals surface area contributed by atoms with E-state index in [0.717, 1.165) is 35.2 Å². The Bertz CT molecular complexity index is 1030. The predicted molar refractivity (Wildman–Crippen MR) is 126 cm³/mol. The molecule has 33 heavy (non-hydrogen) atoms. The van der Waals surface area contributed by atoms with E-state index in [1.54, 1.807) is 27.0 Å². The number of carbonyl (C=O) groups is 2. The monoisotopic (exact) mass is 491 g/mol. The number of carbonyl (C=O) groups excluding carboxylic acids is 1. The van der Waals surface area contributed by atoms with E-state index in [1.165, 1.54) is 4.90 Å². The SMILES string of the molecule is CC(C)(C)OC(=O)N1CCN(C2c3ccc(Cl)cc3CCc3cc(Cl)cnc32)C[C@@H]1C(=O)O. The van der Waals surface area contributed by atoms with Crippen LogP contribution in [-0.2, 0) is 22.4 Å². The lowest BCUT2D eigenvalue weighted by Gasteiger charge is -2.43. The van der Waals surface area contributed by atoms with Crippen LogP contribution in [0.5, 0.6) is 0 Å². The third-order valence-corrected chi connectivity index (χ3v) is 6.42. The van der Waals surface area contributed by atoms with Gasteiger partial charge in [0.25, 0.3) is 0 Å². The molecule has 0 radical (unpaired) electrons. The van der Waals surface area contributed by atoms with E-state index in [-0.39, 0.29) is 19.1 Å². The number of carboxylic acids is 1. The van der Waals surface area contributed by atoms with Crippen molar-refractivity contribution in [2.24, 2.45) is 0 Å². The first-order chi connectivity index (χ1) is 15.5. The molecule has 2 aliphatic rings. The van der Waals surface area contributed by atoms with E-state index in [4.69, 9.17) is 27.9 Å². The van der Waals surface area contributed by atoms with E-state index >= 15 is 0 Å².